The Morgan fingerprint density at radius 2 is 2.00 bits per heavy atom. The molecule has 2 heterocycles. The van der Waals surface area contributed by atoms with E-state index in [4.69, 9.17) is 5.73 Å². The number of hydrogen-bond donors (Lipinski definition) is 1. The fraction of sp³-hybridized carbons (Fsp3) is 0.583. The van der Waals surface area contributed by atoms with E-state index in [2.05, 4.69) is 24.0 Å². The number of aromatic nitrogens is 1. The van der Waals surface area contributed by atoms with E-state index in [1.54, 1.807) is 12.1 Å². The number of nitrogen functional groups attached to an aromatic ring is 1. The number of nitrogens with two attached hydrogens (primary N) is 1. The van der Waals surface area contributed by atoms with Gasteiger partial charge in [0.05, 0.1) is 5.69 Å². The minimum Gasteiger partial charge on any atom is -0.384 e. The maximum atomic E-state index is 13.6. The van der Waals surface area contributed by atoms with Crippen molar-refractivity contribution in [1.82, 2.24) is 9.88 Å². The lowest BCUT2D eigenvalue weighted by molar-refractivity contribution is 0.249. The minimum atomic E-state index is -0.465. The molecule has 1 fully saturated rings. The van der Waals surface area contributed by atoms with Crippen LogP contribution in [0.1, 0.15) is 12.8 Å². The van der Waals surface area contributed by atoms with Gasteiger partial charge in [0, 0.05) is 19.1 Å². The summed E-state index contributed by atoms with van der Waals surface area (Å²) in [7, 11) is 4.18. The van der Waals surface area contributed by atoms with E-state index in [0.29, 0.717) is 11.7 Å². The van der Waals surface area contributed by atoms with Crippen molar-refractivity contribution in [3.8, 4) is 0 Å². The molecule has 17 heavy (non-hydrogen) atoms. The van der Waals surface area contributed by atoms with Gasteiger partial charge in [-0.3, -0.25) is 0 Å². The summed E-state index contributed by atoms with van der Waals surface area (Å²) < 4.78 is 13.6. The normalized spacial score (nSPS) is 17.8. The van der Waals surface area contributed by atoms with E-state index in [0.717, 1.165) is 25.9 Å². The summed E-state index contributed by atoms with van der Waals surface area (Å²) in [5.74, 6) is -0.234. The van der Waals surface area contributed by atoms with Gasteiger partial charge in [0.2, 0.25) is 5.95 Å². The maximum absolute atomic E-state index is 13.6. The van der Waals surface area contributed by atoms with Crippen LogP contribution in [-0.2, 0) is 0 Å². The molecule has 1 aromatic rings. The molecule has 2 rings (SSSR count). The van der Waals surface area contributed by atoms with Crippen molar-refractivity contribution in [3.63, 3.8) is 0 Å². The molecule has 1 aliphatic heterocycles. The summed E-state index contributed by atoms with van der Waals surface area (Å²) >= 11 is 0. The molecule has 0 saturated carbocycles. The molecule has 4 nitrogen and oxygen atoms in total. The van der Waals surface area contributed by atoms with E-state index in [9.17, 15) is 4.39 Å². The van der Waals surface area contributed by atoms with Crippen LogP contribution in [0.2, 0.25) is 0 Å². The average molecular weight is 238 g/mol. The predicted octanol–water partition coefficient (Wildman–Crippen LogP) is 1.33. The third-order valence-electron chi connectivity index (χ3n) is 3.39. The van der Waals surface area contributed by atoms with Crippen molar-refractivity contribution in [2.75, 3.05) is 37.8 Å². The first-order chi connectivity index (χ1) is 8.08. The van der Waals surface area contributed by atoms with Crippen LogP contribution in [0.3, 0.4) is 0 Å². The van der Waals surface area contributed by atoms with Crippen molar-refractivity contribution < 1.29 is 4.39 Å². The smallest absolute Gasteiger partial charge is 0.238 e. The topological polar surface area (TPSA) is 45.4 Å². The molecule has 0 unspecified atom stereocenters. The maximum Gasteiger partial charge on any atom is 0.238 e. The molecule has 2 N–H and O–H groups in total. The van der Waals surface area contributed by atoms with Crippen LogP contribution >= 0.6 is 0 Å². The highest BCUT2D eigenvalue weighted by Crippen LogP contribution is 2.24. The molecule has 5 heteroatoms. The van der Waals surface area contributed by atoms with E-state index in [1.807, 2.05) is 4.90 Å². The van der Waals surface area contributed by atoms with Gasteiger partial charge in [-0.15, -0.1) is 0 Å². The predicted molar refractivity (Wildman–Crippen MR) is 67.5 cm³/mol. The fourth-order valence-electron chi connectivity index (χ4n) is 2.30. The van der Waals surface area contributed by atoms with E-state index in [1.165, 1.54) is 0 Å². The van der Waals surface area contributed by atoms with Crippen LogP contribution in [0.25, 0.3) is 0 Å². The Hall–Kier alpha value is -1.36. The lowest BCUT2D eigenvalue weighted by atomic mass is 10.0. The van der Waals surface area contributed by atoms with Gasteiger partial charge >= 0.3 is 0 Å². The first kappa shape index (κ1) is 12.1. The summed E-state index contributed by atoms with van der Waals surface area (Å²) in [6.07, 6.45) is 2.10. The van der Waals surface area contributed by atoms with Crippen LogP contribution in [0, 0.1) is 5.95 Å². The Morgan fingerprint density at radius 3 is 2.53 bits per heavy atom. The molecule has 0 aromatic carbocycles. The van der Waals surface area contributed by atoms with Crippen molar-refractivity contribution in [2.24, 2.45) is 0 Å². The van der Waals surface area contributed by atoms with Crippen LogP contribution in [0.4, 0.5) is 15.9 Å². The van der Waals surface area contributed by atoms with E-state index >= 15 is 0 Å². The zero-order valence-electron chi connectivity index (χ0n) is 10.4. The number of hydrogen-bond acceptors (Lipinski definition) is 4. The Morgan fingerprint density at radius 1 is 1.35 bits per heavy atom. The summed E-state index contributed by atoms with van der Waals surface area (Å²) in [6, 6.07) is 3.96. The van der Waals surface area contributed by atoms with Crippen molar-refractivity contribution in [2.45, 2.75) is 18.9 Å². The third kappa shape index (κ3) is 2.66. The van der Waals surface area contributed by atoms with Crippen molar-refractivity contribution >= 4 is 11.5 Å². The average Bonchev–Trinajstić information content (AvgIpc) is 2.29. The highest BCUT2D eigenvalue weighted by atomic mass is 19.1. The van der Waals surface area contributed by atoms with Crippen molar-refractivity contribution in [1.29, 1.82) is 0 Å². The summed E-state index contributed by atoms with van der Waals surface area (Å²) in [4.78, 5) is 7.94. The molecule has 0 atom stereocenters. The molecule has 1 aliphatic rings. The molecule has 0 bridgehead atoms. The standard InChI is InChI=1S/C12H19FN4/c1-16(2)9-5-7-17(8-6-9)10-3-4-11(14)15-12(10)13/h3-4,9H,5-8H2,1-2H3,(H2,14,15). The lowest BCUT2D eigenvalue weighted by Crippen LogP contribution is -2.42. The number of nitrogens with zero attached hydrogens (tertiary/aromatic N) is 3. The second-order valence-electron chi connectivity index (χ2n) is 4.73. The highest BCUT2D eigenvalue weighted by molar-refractivity contribution is 5.49. The van der Waals surface area contributed by atoms with Crippen LogP contribution < -0.4 is 10.6 Å². The molecule has 0 radical (unpaired) electrons. The first-order valence-corrected chi connectivity index (χ1v) is 5.91. The monoisotopic (exact) mass is 238 g/mol. The molecular weight excluding hydrogens is 219 g/mol. The second-order valence-corrected chi connectivity index (χ2v) is 4.73. The van der Waals surface area contributed by atoms with Gasteiger partial charge in [0.15, 0.2) is 0 Å². The van der Waals surface area contributed by atoms with E-state index < -0.39 is 5.95 Å². The molecule has 0 aliphatic carbocycles. The zero-order chi connectivity index (χ0) is 12.4. The number of pyridine rings is 1. The fourth-order valence-corrected chi connectivity index (χ4v) is 2.30. The summed E-state index contributed by atoms with van der Waals surface area (Å²) in [5, 5.41) is 0. The number of rotatable bonds is 2. The van der Waals surface area contributed by atoms with Gasteiger partial charge in [-0.2, -0.15) is 4.39 Å². The highest BCUT2D eigenvalue weighted by Gasteiger charge is 2.22. The van der Waals surface area contributed by atoms with Gasteiger partial charge in [0.1, 0.15) is 5.82 Å². The Kier molecular flexibility index (Phi) is 3.47. The van der Waals surface area contributed by atoms with Crippen LogP contribution in [0.5, 0.6) is 0 Å². The molecule has 94 valence electrons. The van der Waals surface area contributed by atoms with Crippen LogP contribution in [0.15, 0.2) is 12.1 Å². The van der Waals surface area contributed by atoms with Gasteiger partial charge in [0.25, 0.3) is 0 Å². The number of piperidine rings is 1. The van der Waals surface area contributed by atoms with Gasteiger partial charge in [-0.05, 0) is 39.1 Å². The molecule has 1 saturated heterocycles. The molecule has 1 aromatic heterocycles. The van der Waals surface area contributed by atoms with E-state index in [-0.39, 0.29) is 5.82 Å². The van der Waals surface area contributed by atoms with Gasteiger partial charge < -0.3 is 15.5 Å². The van der Waals surface area contributed by atoms with Crippen molar-refractivity contribution in [3.05, 3.63) is 18.1 Å². The molecular formula is C12H19FN4. The largest absolute Gasteiger partial charge is 0.384 e. The Balaban J connectivity index is 2.05. The summed E-state index contributed by atoms with van der Waals surface area (Å²) in [5.41, 5.74) is 6.01. The Bertz CT molecular complexity index is 386. The Labute approximate surface area is 101 Å². The quantitative estimate of drug-likeness (QED) is 0.790. The third-order valence-corrected chi connectivity index (χ3v) is 3.39. The number of halogens is 1. The van der Waals surface area contributed by atoms with Gasteiger partial charge in [-0.25, -0.2) is 4.98 Å². The molecule has 0 amide bonds. The summed E-state index contributed by atoms with van der Waals surface area (Å²) in [6.45, 7) is 1.73. The second kappa shape index (κ2) is 4.87. The van der Waals surface area contributed by atoms with Crippen LogP contribution in [-0.4, -0.2) is 43.1 Å². The SMILES string of the molecule is CN(C)C1CCN(c2ccc(N)nc2F)CC1. The number of anilines is 2. The minimum absolute atomic E-state index is 0.231. The molecule has 0 spiro atoms. The first-order valence-electron chi connectivity index (χ1n) is 5.91. The zero-order valence-corrected chi connectivity index (χ0v) is 10.4. The van der Waals surface area contributed by atoms with Gasteiger partial charge in [-0.1, -0.05) is 0 Å². The lowest BCUT2D eigenvalue weighted by Gasteiger charge is -2.36.